The van der Waals surface area contributed by atoms with Crippen LogP contribution >= 0.6 is 0 Å². The standard InChI is InChI=1S/C26H43N3O5/c1-9-11-12-16-27-23(31)21(19-15-13-14-18(4)22(19)30)29(8)24(32)20(17(3)10-2)28-25(33)34-26(5,6)7/h13-15,17,20-21,30H,9-12,16H2,1-8H3,(H,27,31)(H,28,33). The largest absolute Gasteiger partial charge is 0.507 e. The molecule has 0 spiro atoms. The highest BCUT2D eigenvalue weighted by molar-refractivity contribution is 5.92. The molecule has 192 valence electrons. The molecule has 8 nitrogen and oxygen atoms in total. The number of alkyl carbamates (subject to hydrolysis) is 1. The zero-order valence-electron chi connectivity index (χ0n) is 22.0. The number of aryl methyl sites for hydroxylation is 1. The van der Waals surface area contributed by atoms with Crippen LogP contribution in [0.4, 0.5) is 4.79 Å². The number of para-hydroxylation sites is 1. The van der Waals surface area contributed by atoms with Gasteiger partial charge in [-0.15, -0.1) is 0 Å². The van der Waals surface area contributed by atoms with Crippen LogP contribution in [-0.2, 0) is 14.3 Å². The quantitative estimate of drug-likeness (QED) is 0.408. The Morgan fingerprint density at radius 2 is 1.79 bits per heavy atom. The van der Waals surface area contributed by atoms with Crippen molar-refractivity contribution in [2.45, 2.75) is 91.8 Å². The van der Waals surface area contributed by atoms with Crippen LogP contribution < -0.4 is 10.6 Å². The summed E-state index contributed by atoms with van der Waals surface area (Å²) in [5.74, 6) is -1.05. The Labute approximate surface area is 204 Å². The number of nitrogens with zero attached hydrogens (tertiary/aromatic N) is 1. The smallest absolute Gasteiger partial charge is 0.408 e. The van der Waals surface area contributed by atoms with Crippen LogP contribution in [0.5, 0.6) is 5.75 Å². The molecule has 0 aliphatic carbocycles. The van der Waals surface area contributed by atoms with Gasteiger partial charge in [0.05, 0.1) is 0 Å². The van der Waals surface area contributed by atoms with Gasteiger partial charge in [-0.25, -0.2) is 4.79 Å². The fourth-order valence-electron chi connectivity index (χ4n) is 3.58. The molecule has 0 bridgehead atoms. The molecule has 8 heteroatoms. The highest BCUT2D eigenvalue weighted by atomic mass is 16.6. The number of phenols is 1. The first-order valence-electron chi connectivity index (χ1n) is 12.2. The number of hydrogen-bond donors (Lipinski definition) is 3. The number of phenolic OH excluding ortho intramolecular Hbond substituents is 1. The number of carbonyl (C=O) groups is 3. The van der Waals surface area contributed by atoms with Gasteiger partial charge in [0.1, 0.15) is 23.4 Å². The van der Waals surface area contributed by atoms with Crippen molar-refractivity contribution in [1.29, 1.82) is 0 Å². The van der Waals surface area contributed by atoms with Gasteiger partial charge in [0, 0.05) is 19.2 Å². The maximum absolute atomic E-state index is 13.6. The summed E-state index contributed by atoms with van der Waals surface area (Å²) in [5, 5.41) is 16.3. The lowest BCUT2D eigenvalue weighted by Crippen LogP contribution is -2.54. The molecule has 3 N–H and O–H groups in total. The highest BCUT2D eigenvalue weighted by Gasteiger charge is 2.37. The molecule has 3 atom stereocenters. The first kappa shape index (κ1) is 29.3. The first-order chi connectivity index (χ1) is 15.8. The van der Waals surface area contributed by atoms with Crippen molar-refractivity contribution < 1.29 is 24.2 Å². The van der Waals surface area contributed by atoms with E-state index >= 15 is 0 Å². The molecule has 0 aromatic heterocycles. The molecule has 34 heavy (non-hydrogen) atoms. The molecular formula is C26H43N3O5. The van der Waals surface area contributed by atoms with Crippen LogP contribution in [0.1, 0.15) is 84.4 Å². The van der Waals surface area contributed by atoms with Gasteiger partial charge in [-0.05, 0) is 45.6 Å². The summed E-state index contributed by atoms with van der Waals surface area (Å²) < 4.78 is 5.36. The number of carbonyl (C=O) groups excluding carboxylic acids is 3. The average molecular weight is 478 g/mol. The number of rotatable bonds is 11. The molecule has 0 aliphatic rings. The Kier molecular flexibility index (Phi) is 11.4. The van der Waals surface area contributed by atoms with Crippen molar-refractivity contribution >= 4 is 17.9 Å². The molecule has 0 saturated carbocycles. The predicted molar refractivity (Wildman–Crippen MR) is 134 cm³/mol. The summed E-state index contributed by atoms with van der Waals surface area (Å²) in [5.41, 5.74) is 0.226. The maximum Gasteiger partial charge on any atom is 0.408 e. The van der Waals surface area contributed by atoms with Crippen LogP contribution in [0, 0.1) is 12.8 Å². The summed E-state index contributed by atoms with van der Waals surface area (Å²) in [6.07, 6.45) is 2.75. The van der Waals surface area contributed by atoms with Crippen molar-refractivity contribution in [3.63, 3.8) is 0 Å². The Balaban J connectivity index is 3.29. The van der Waals surface area contributed by atoms with Crippen molar-refractivity contribution in [1.82, 2.24) is 15.5 Å². The van der Waals surface area contributed by atoms with Gasteiger partial charge in [-0.1, -0.05) is 58.2 Å². The van der Waals surface area contributed by atoms with Gasteiger partial charge in [0.2, 0.25) is 11.8 Å². The van der Waals surface area contributed by atoms with Gasteiger partial charge < -0.3 is 25.4 Å². The average Bonchev–Trinajstić information content (AvgIpc) is 2.75. The SMILES string of the molecule is CCCCCNC(=O)C(c1cccc(C)c1O)N(C)C(=O)C(NC(=O)OC(C)(C)C)C(C)CC. The maximum atomic E-state index is 13.6. The second kappa shape index (κ2) is 13.2. The van der Waals surface area contributed by atoms with Gasteiger partial charge in [0.25, 0.3) is 0 Å². The van der Waals surface area contributed by atoms with Crippen LogP contribution in [0.25, 0.3) is 0 Å². The molecule has 0 aliphatic heterocycles. The number of amides is 3. The van der Waals surface area contributed by atoms with E-state index in [2.05, 4.69) is 17.6 Å². The third kappa shape index (κ3) is 8.54. The highest BCUT2D eigenvalue weighted by Crippen LogP contribution is 2.32. The third-order valence-corrected chi connectivity index (χ3v) is 5.78. The fraction of sp³-hybridized carbons (Fsp3) is 0.654. The number of hydrogen-bond acceptors (Lipinski definition) is 5. The summed E-state index contributed by atoms with van der Waals surface area (Å²) in [6.45, 7) is 13.3. The molecular weight excluding hydrogens is 434 g/mol. The molecule has 0 heterocycles. The molecule has 0 fully saturated rings. The van der Waals surface area contributed by atoms with Gasteiger partial charge >= 0.3 is 6.09 Å². The summed E-state index contributed by atoms with van der Waals surface area (Å²) in [6, 6.07) is 3.17. The number of nitrogens with one attached hydrogen (secondary N) is 2. The Morgan fingerprint density at radius 3 is 2.35 bits per heavy atom. The summed E-state index contributed by atoms with van der Waals surface area (Å²) in [7, 11) is 1.52. The van der Waals surface area contributed by atoms with Crippen LogP contribution in [0.3, 0.4) is 0 Å². The number of likely N-dealkylation sites (N-methyl/N-ethyl adjacent to an activating group) is 1. The minimum Gasteiger partial charge on any atom is -0.507 e. The zero-order chi connectivity index (χ0) is 26.1. The topological polar surface area (TPSA) is 108 Å². The molecule has 3 amide bonds. The van der Waals surface area contributed by atoms with Crippen LogP contribution in [0.2, 0.25) is 0 Å². The molecule has 1 rings (SSSR count). The lowest BCUT2D eigenvalue weighted by molar-refractivity contribution is -0.141. The van der Waals surface area contributed by atoms with E-state index < -0.39 is 29.7 Å². The minimum atomic E-state index is -1.05. The third-order valence-electron chi connectivity index (χ3n) is 5.78. The molecule has 0 radical (unpaired) electrons. The Bertz CT molecular complexity index is 834. The zero-order valence-corrected chi connectivity index (χ0v) is 22.0. The lowest BCUT2D eigenvalue weighted by Gasteiger charge is -2.34. The van der Waals surface area contributed by atoms with Gasteiger partial charge in [0.15, 0.2) is 0 Å². The Hall–Kier alpha value is -2.77. The van der Waals surface area contributed by atoms with E-state index in [-0.39, 0.29) is 17.6 Å². The molecule has 1 aromatic carbocycles. The number of unbranched alkanes of at least 4 members (excludes halogenated alkanes) is 2. The summed E-state index contributed by atoms with van der Waals surface area (Å²) >= 11 is 0. The van der Waals surface area contributed by atoms with Crippen molar-refractivity contribution in [2.24, 2.45) is 5.92 Å². The monoisotopic (exact) mass is 477 g/mol. The normalized spacial score (nSPS) is 14.0. The number of ether oxygens (including phenoxy) is 1. The van der Waals surface area contributed by atoms with Crippen molar-refractivity contribution in [3.05, 3.63) is 29.3 Å². The van der Waals surface area contributed by atoms with E-state index in [1.54, 1.807) is 45.9 Å². The van der Waals surface area contributed by atoms with Crippen LogP contribution in [0.15, 0.2) is 18.2 Å². The fourth-order valence-corrected chi connectivity index (χ4v) is 3.58. The van der Waals surface area contributed by atoms with Crippen LogP contribution in [-0.4, -0.2) is 53.1 Å². The molecule has 0 saturated heterocycles. The minimum absolute atomic E-state index is 0.0314. The second-order valence-electron chi connectivity index (χ2n) is 9.87. The van der Waals surface area contributed by atoms with E-state index in [4.69, 9.17) is 4.74 Å². The van der Waals surface area contributed by atoms with Crippen molar-refractivity contribution in [3.8, 4) is 5.75 Å². The molecule has 3 unspecified atom stereocenters. The molecule has 1 aromatic rings. The van der Waals surface area contributed by atoms with E-state index in [0.717, 1.165) is 19.3 Å². The second-order valence-corrected chi connectivity index (χ2v) is 9.87. The van der Waals surface area contributed by atoms with E-state index in [9.17, 15) is 19.5 Å². The number of aromatic hydroxyl groups is 1. The van der Waals surface area contributed by atoms with Gasteiger partial charge in [-0.3, -0.25) is 9.59 Å². The first-order valence-corrected chi connectivity index (χ1v) is 12.2. The van der Waals surface area contributed by atoms with E-state index in [1.807, 2.05) is 13.8 Å². The van der Waals surface area contributed by atoms with E-state index in [0.29, 0.717) is 24.1 Å². The predicted octanol–water partition coefficient (Wildman–Crippen LogP) is 4.45. The van der Waals surface area contributed by atoms with E-state index in [1.165, 1.54) is 11.9 Å². The van der Waals surface area contributed by atoms with Gasteiger partial charge in [-0.2, -0.15) is 0 Å². The Morgan fingerprint density at radius 1 is 1.15 bits per heavy atom. The van der Waals surface area contributed by atoms with Crippen molar-refractivity contribution in [2.75, 3.05) is 13.6 Å². The summed E-state index contributed by atoms with van der Waals surface area (Å²) in [4.78, 5) is 40.7. The number of benzene rings is 1. The lowest BCUT2D eigenvalue weighted by atomic mass is 9.95.